The van der Waals surface area contributed by atoms with Gasteiger partial charge in [-0.05, 0) is 32.6 Å². The van der Waals surface area contributed by atoms with Crippen molar-refractivity contribution in [2.45, 2.75) is 64.0 Å². The van der Waals surface area contributed by atoms with E-state index >= 15 is 0 Å². The molecule has 2 aliphatic rings. The van der Waals surface area contributed by atoms with Gasteiger partial charge in [-0.1, -0.05) is 19.3 Å². The molecular weight excluding hydrogens is 244 g/mol. The number of rotatable bonds is 3. The minimum absolute atomic E-state index is 0.0701. The molecule has 0 radical (unpaired) electrons. The summed E-state index contributed by atoms with van der Waals surface area (Å²) in [6.45, 7) is 3.24. The van der Waals surface area contributed by atoms with Crippen molar-refractivity contribution in [3.8, 4) is 0 Å². The van der Waals surface area contributed by atoms with Crippen LogP contribution < -0.4 is 0 Å². The summed E-state index contributed by atoms with van der Waals surface area (Å²) in [5, 5.41) is 9.18. The molecule has 19 heavy (non-hydrogen) atoms. The Morgan fingerprint density at radius 1 is 1.16 bits per heavy atom. The number of urea groups is 1. The third-order valence-corrected chi connectivity index (χ3v) is 4.39. The van der Waals surface area contributed by atoms with Gasteiger partial charge in [0.25, 0.3) is 0 Å². The molecule has 1 aliphatic carbocycles. The molecular formula is C14H24N2O3. The first-order chi connectivity index (χ1) is 9.15. The van der Waals surface area contributed by atoms with Crippen molar-refractivity contribution in [3.63, 3.8) is 0 Å². The number of carboxylic acids is 1. The molecule has 0 aromatic rings. The Morgan fingerprint density at radius 2 is 1.84 bits per heavy atom. The summed E-state index contributed by atoms with van der Waals surface area (Å²) in [5.41, 5.74) is 0. The van der Waals surface area contributed by atoms with Gasteiger partial charge in [-0.2, -0.15) is 0 Å². The van der Waals surface area contributed by atoms with E-state index in [0.29, 0.717) is 25.6 Å². The topological polar surface area (TPSA) is 60.9 Å². The minimum Gasteiger partial charge on any atom is -0.480 e. The van der Waals surface area contributed by atoms with Crippen LogP contribution in [0.5, 0.6) is 0 Å². The normalized spacial score (nSPS) is 24.5. The number of hydrogen-bond donors (Lipinski definition) is 1. The van der Waals surface area contributed by atoms with Crippen molar-refractivity contribution in [2.24, 2.45) is 0 Å². The van der Waals surface area contributed by atoms with Crippen LogP contribution in [0, 0.1) is 0 Å². The Bertz CT molecular complexity index is 340. The fourth-order valence-electron chi connectivity index (χ4n) is 3.36. The van der Waals surface area contributed by atoms with Crippen molar-refractivity contribution in [2.75, 3.05) is 13.1 Å². The molecule has 1 saturated heterocycles. The van der Waals surface area contributed by atoms with E-state index in [1.165, 1.54) is 19.3 Å². The highest BCUT2D eigenvalue weighted by atomic mass is 16.4. The number of amides is 2. The van der Waals surface area contributed by atoms with E-state index in [-0.39, 0.29) is 6.03 Å². The highest BCUT2D eigenvalue weighted by molar-refractivity contribution is 5.83. The fourth-order valence-corrected chi connectivity index (χ4v) is 3.36. The van der Waals surface area contributed by atoms with Gasteiger partial charge in [0.1, 0.15) is 6.04 Å². The molecule has 0 spiro atoms. The average Bonchev–Trinajstić information content (AvgIpc) is 2.90. The zero-order valence-electron chi connectivity index (χ0n) is 11.7. The van der Waals surface area contributed by atoms with Crippen LogP contribution in [0.4, 0.5) is 4.79 Å². The summed E-state index contributed by atoms with van der Waals surface area (Å²) < 4.78 is 0. The Kier molecular flexibility index (Phi) is 4.66. The Hall–Kier alpha value is -1.26. The van der Waals surface area contributed by atoms with Gasteiger partial charge < -0.3 is 14.9 Å². The van der Waals surface area contributed by atoms with Gasteiger partial charge in [-0.3, -0.25) is 0 Å². The molecule has 5 heteroatoms. The van der Waals surface area contributed by atoms with Crippen molar-refractivity contribution < 1.29 is 14.7 Å². The standard InChI is InChI=1S/C14H24N2O3/c1-2-15(11-7-4-3-5-8-11)14(19)16-10-6-9-12(16)13(17)18/h11-12H,2-10H2,1H3,(H,17,18)/t12-/m0/s1. The van der Waals surface area contributed by atoms with Gasteiger partial charge in [0.2, 0.25) is 0 Å². The number of carboxylic acid groups (broad SMARTS) is 1. The lowest BCUT2D eigenvalue weighted by Crippen LogP contribution is -2.51. The maximum absolute atomic E-state index is 12.6. The third-order valence-electron chi connectivity index (χ3n) is 4.39. The van der Waals surface area contributed by atoms with E-state index in [1.807, 2.05) is 11.8 Å². The van der Waals surface area contributed by atoms with E-state index in [9.17, 15) is 14.7 Å². The second-order valence-electron chi connectivity index (χ2n) is 5.55. The monoisotopic (exact) mass is 268 g/mol. The third kappa shape index (κ3) is 3.01. The summed E-state index contributed by atoms with van der Waals surface area (Å²) in [6, 6.07) is -0.384. The Balaban J connectivity index is 2.05. The van der Waals surface area contributed by atoms with Gasteiger partial charge in [-0.15, -0.1) is 0 Å². The first-order valence-corrected chi connectivity index (χ1v) is 7.45. The highest BCUT2D eigenvalue weighted by Gasteiger charge is 2.37. The summed E-state index contributed by atoms with van der Waals surface area (Å²) in [5.74, 6) is -0.870. The summed E-state index contributed by atoms with van der Waals surface area (Å²) in [6.07, 6.45) is 7.11. The van der Waals surface area contributed by atoms with Gasteiger partial charge in [0.15, 0.2) is 0 Å². The van der Waals surface area contributed by atoms with Crippen molar-refractivity contribution in [1.82, 2.24) is 9.80 Å². The van der Waals surface area contributed by atoms with Gasteiger partial charge in [0.05, 0.1) is 0 Å². The van der Waals surface area contributed by atoms with Crippen LogP contribution in [0.1, 0.15) is 51.9 Å². The molecule has 5 nitrogen and oxygen atoms in total. The number of likely N-dealkylation sites (tertiary alicyclic amines) is 1. The van der Waals surface area contributed by atoms with Gasteiger partial charge >= 0.3 is 12.0 Å². The van der Waals surface area contributed by atoms with Crippen LogP contribution >= 0.6 is 0 Å². The maximum atomic E-state index is 12.6. The smallest absolute Gasteiger partial charge is 0.326 e. The molecule has 2 rings (SSSR count). The van der Waals surface area contributed by atoms with Crippen LogP contribution in [0.15, 0.2) is 0 Å². The first kappa shape index (κ1) is 14.2. The van der Waals surface area contributed by atoms with Crippen molar-refractivity contribution in [1.29, 1.82) is 0 Å². The second-order valence-corrected chi connectivity index (χ2v) is 5.55. The van der Waals surface area contributed by atoms with E-state index < -0.39 is 12.0 Å². The van der Waals surface area contributed by atoms with E-state index in [0.717, 1.165) is 19.3 Å². The number of carbonyl (C=O) groups excluding carboxylic acids is 1. The lowest BCUT2D eigenvalue weighted by atomic mass is 9.94. The number of nitrogens with zero attached hydrogens (tertiary/aromatic N) is 2. The van der Waals surface area contributed by atoms with Crippen LogP contribution in [0.3, 0.4) is 0 Å². The molecule has 2 fully saturated rings. The van der Waals surface area contributed by atoms with Crippen LogP contribution in [-0.4, -0.2) is 52.1 Å². The molecule has 0 bridgehead atoms. The molecule has 1 atom stereocenters. The number of aliphatic carboxylic acids is 1. The summed E-state index contributed by atoms with van der Waals surface area (Å²) in [4.78, 5) is 27.2. The molecule has 0 unspecified atom stereocenters. The molecule has 1 saturated carbocycles. The minimum atomic E-state index is -0.870. The predicted molar refractivity (Wildman–Crippen MR) is 72.0 cm³/mol. The quantitative estimate of drug-likeness (QED) is 0.854. The molecule has 0 aromatic carbocycles. The van der Waals surface area contributed by atoms with Gasteiger partial charge in [0, 0.05) is 19.1 Å². The van der Waals surface area contributed by atoms with Gasteiger partial charge in [-0.25, -0.2) is 9.59 Å². The SMILES string of the molecule is CCN(C(=O)N1CCC[C@H]1C(=O)O)C1CCCCC1. The number of carbonyl (C=O) groups is 2. The molecule has 2 amide bonds. The number of hydrogen-bond acceptors (Lipinski definition) is 2. The molecule has 0 aromatic heterocycles. The summed E-state index contributed by atoms with van der Waals surface area (Å²) >= 11 is 0. The Morgan fingerprint density at radius 3 is 2.42 bits per heavy atom. The average molecular weight is 268 g/mol. The largest absolute Gasteiger partial charge is 0.480 e. The van der Waals surface area contributed by atoms with Crippen molar-refractivity contribution in [3.05, 3.63) is 0 Å². The molecule has 1 heterocycles. The molecule has 1 N–H and O–H groups in total. The van der Waals surface area contributed by atoms with Crippen LogP contribution in [0.25, 0.3) is 0 Å². The van der Waals surface area contributed by atoms with Crippen LogP contribution in [0.2, 0.25) is 0 Å². The lowest BCUT2D eigenvalue weighted by Gasteiger charge is -2.37. The Labute approximate surface area is 114 Å². The first-order valence-electron chi connectivity index (χ1n) is 7.45. The maximum Gasteiger partial charge on any atom is 0.326 e. The zero-order valence-corrected chi connectivity index (χ0v) is 11.7. The van der Waals surface area contributed by atoms with Crippen LogP contribution in [-0.2, 0) is 4.79 Å². The summed E-state index contributed by atoms with van der Waals surface area (Å²) in [7, 11) is 0. The predicted octanol–water partition coefficient (Wildman–Crippen LogP) is 2.31. The molecule has 108 valence electrons. The second kappa shape index (κ2) is 6.26. The van der Waals surface area contributed by atoms with E-state index in [1.54, 1.807) is 4.90 Å². The highest BCUT2D eigenvalue weighted by Crippen LogP contribution is 2.26. The van der Waals surface area contributed by atoms with E-state index in [2.05, 4.69) is 0 Å². The lowest BCUT2D eigenvalue weighted by molar-refractivity contribution is -0.141. The molecule has 1 aliphatic heterocycles. The zero-order chi connectivity index (χ0) is 13.8. The van der Waals surface area contributed by atoms with Crippen molar-refractivity contribution >= 4 is 12.0 Å². The fraction of sp³-hybridized carbons (Fsp3) is 0.857. The van der Waals surface area contributed by atoms with E-state index in [4.69, 9.17) is 0 Å².